The summed E-state index contributed by atoms with van der Waals surface area (Å²) in [6.45, 7) is 7.23. The molecule has 2 N–H and O–H groups in total. The molecule has 3 aromatic rings. The zero-order valence-corrected chi connectivity index (χ0v) is 17.8. The first-order valence-electron chi connectivity index (χ1n) is 9.68. The number of aromatic nitrogens is 2. The van der Waals surface area contributed by atoms with Crippen LogP contribution in [0.3, 0.4) is 0 Å². The van der Waals surface area contributed by atoms with Crippen LogP contribution in [0.2, 0.25) is 5.02 Å². The molecule has 0 atom stereocenters. The van der Waals surface area contributed by atoms with Gasteiger partial charge >= 0.3 is 5.97 Å². The number of aryl methyl sites for hydroxylation is 2. The first-order valence-corrected chi connectivity index (χ1v) is 10.1. The Labute approximate surface area is 175 Å². The summed E-state index contributed by atoms with van der Waals surface area (Å²) in [7, 11) is 0. The van der Waals surface area contributed by atoms with Crippen molar-refractivity contribution >= 4 is 34.3 Å². The molecule has 6 nitrogen and oxygen atoms in total. The molecule has 3 rings (SSSR count). The molecule has 0 unspecified atom stereocenters. The van der Waals surface area contributed by atoms with Crippen molar-refractivity contribution in [3.05, 3.63) is 52.3 Å². The minimum Gasteiger partial charge on any atom is -0.493 e. The standard InChI is InChI=1S/C22H26ClN3O3/c1-4-28-21(27)6-5-9-29-18-10-14(2)22-20(12-18)26(15(3)25-22)13-16-7-8-17(24)11-19(16)23/h7-8,10-12H,4-6,9,13,24H2,1-3H3. The molecule has 0 radical (unpaired) electrons. The van der Waals surface area contributed by atoms with Crippen molar-refractivity contribution in [3.63, 3.8) is 0 Å². The maximum absolute atomic E-state index is 11.4. The van der Waals surface area contributed by atoms with Gasteiger partial charge < -0.3 is 19.8 Å². The third-order valence-electron chi connectivity index (χ3n) is 4.71. The van der Waals surface area contributed by atoms with Gasteiger partial charge in [-0.1, -0.05) is 17.7 Å². The average molecular weight is 416 g/mol. The molecule has 0 bridgehead atoms. The summed E-state index contributed by atoms with van der Waals surface area (Å²) < 4.78 is 12.9. The summed E-state index contributed by atoms with van der Waals surface area (Å²) >= 11 is 6.37. The van der Waals surface area contributed by atoms with E-state index >= 15 is 0 Å². The number of anilines is 1. The van der Waals surface area contributed by atoms with Gasteiger partial charge in [0.2, 0.25) is 0 Å². The number of rotatable bonds is 8. The topological polar surface area (TPSA) is 79.4 Å². The van der Waals surface area contributed by atoms with Gasteiger partial charge in [0, 0.05) is 23.2 Å². The molecule has 0 fully saturated rings. The van der Waals surface area contributed by atoms with E-state index in [0.29, 0.717) is 43.3 Å². The Bertz CT molecular complexity index is 1030. The summed E-state index contributed by atoms with van der Waals surface area (Å²) in [4.78, 5) is 16.2. The van der Waals surface area contributed by atoms with Crippen LogP contribution >= 0.6 is 11.6 Å². The maximum atomic E-state index is 11.4. The molecule has 1 heterocycles. The lowest BCUT2D eigenvalue weighted by atomic mass is 10.1. The predicted octanol–water partition coefficient (Wildman–Crippen LogP) is 4.66. The smallest absolute Gasteiger partial charge is 0.305 e. The van der Waals surface area contributed by atoms with Crippen molar-refractivity contribution in [1.82, 2.24) is 9.55 Å². The number of fused-ring (bicyclic) bond motifs is 1. The van der Waals surface area contributed by atoms with Crippen molar-refractivity contribution in [2.75, 3.05) is 18.9 Å². The molecule has 0 aliphatic rings. The highest BCUT2D eigenvalue weighted by molar-refractivity contribution is 6.31. The summed E-state index contributed by atoms with van der Waals surface area (Å²) in [5, 5.41) is 0.634. The number of carbonyl (C=O) groups is 1. The molecule has 0 saturated carbocycles. The lowest BCUT2D eigenvalue weighted by Gasteiger charge is -2.11. The van der Waals surface area contributed by atoms with Crippen LogP contribution in [-0.2, 0) is 16.1 Å². The van der Waals surface area contributed by atoms with Crippen LogP contribution in [-0.4, -0.2) is 28.7 Å². The lowest BCUT2D eigenvalue weighted by molar-refractivity contribution is -0.143. The van der Waals surface area contributed by atoms with Gasteiger partial charge in [0.15, 0.2) is 0 Å². The number of nitrogens with two attached hydrogens (primary N) is 1. The van der Waals surface area contributed by atoms with Crippen molar-refractivity contribution in [3.8, 4) is 5.75 Å². The zero-order valence-electron chi connectivity index (χ0n) is 17.0. The number of nitrogen functional groups attached to an aromatic ring is 1. The Morgan fingerprint density at radius 2 is 2.03 bits per heavy atom. The molecular weight excluding hydrogens is 390 g/mol. The first-order chi connectivity index (χ1) is 13.9. The van der Waals surface area contributed by atoms with Crippen LogP contribution in [0.5, 0.6) is 5.75 Å². The Kier molecular flexibility index (Phi) is 6.64. The van der Waals surface area contributed by atoms with Gasteiger partial charge in [-0.3, -0.25) is 4.79 Å². The van der Waals surface area contributed by atoms with Gasteiger partial charge in [-0.05, 0) is 56.5 Å². The number of benzene rings is 2. The fraction of sp³-hybridized carbons (Fsp3) is 0.364. The maximum Gasteiger partial charge on any atom is 0.305 e. The Balaban J connectivity index is 1.80. The van der Waals surface area contributed by atoms with E-state index < -0.39 is 0 Å². The van der Waals surface area contributed by atoms with Crippen LogP contribution in [0.15, 0.2) is 30.3 Å². The van der Waals surface area contributed by atoms with Gasteiger partial charge in [0.05, 0.1) is 30.8 Å². The Hall–Kier alpha value is -2.73. The summed E-state index contributed by atoms with van der Waals surface area (Å²) in [5.41, 5.74) is 10.4. The fourth-order valence-corrected chi connectivity index (χ4v) is 3.51. The number of nitrogens with zero attached hydrogens (tertiary/aromatic N) is 2. The first kappa shape index (κ1) is 21.0. The molecule has 7 heteroatoms. The molecule has 1 aromatic heterocycles. The van der Waals surface area contributed by atoms with Crippen molar-refractivity contribution < 1.29 is 14.3 Å². The quantitative estimate of drug-likeness (QED) is 0.329. The van der Waals surface area contributed by atoms with Crippen molar-refractivity contribution in [2.24, 2.45) is 0 Å². The molecule has 154 valence electrons. The summed E-state index contributed by atoms with van der Waals surface area (Å²) in [6.07, 6.45) is 0.955. The van der Waals surface area contributed by atoms with Gasteiger partial charge in [-0.25, -0.2) is 4.98 Å². The minimum atomic E-state index is -0.197. The van der Waals surface area contributed by atoms with Crippen LogP contribution in [0.1, 0.15) is 36.7 Å². The van der Waals surface area contributed by atoms with Crippen LogP contribution < -0.4 is 10.5 Å². The largest absolute Gasteiger partial charge is 0.493 e. The molecule has 0 aliphatic heterocycles. The number of hydrogen-bond acceptors (Lipinski definition) is 5. The Morgan fingerprint density at radius 1 is 1.24 bits per heavy atom. The molecule has 29 heavy (non-hydrogen) atoms. The molecule has 0 spiro atoms. The van der Waals surface area contributed by atoms with Gasteiger partial charge in [0.25, 0.3) is 0 Å². The number of hydrogen-bond donors (Lipinski definition) is 1. The highest BCUT2D eigenvalue weighted by atomic mass is 35.5. The van der Waals surface area contributed by atoms with E-state index in [1.807, 2.05) is 38.1 Å². The second kappa shape index (κ2) is 9.18. The zero-order chi connectivity index (χ0) is 21.0. The summed E-state index contributed by atoms with van der Waals surface area (Å²) in [5.74, 6) is 1.45. The number of ether oxygens (including phenoxy) is 2. The van der Waals surface area contributed by atoms with Gasteiger partial charge in [-0.2, -0.15) is 0 Å². The highest BCUT2D eigenvalue weighted by Crippen LogP contribution is 2.28. The number of imidazole rings is 1. The van der Waals surface area contributed by atoms with E-state index in [2.05, 4.69) is 4.57 Å². The second-order valence-corrected chi connectivity index (χ2v) is 7.37. The Morgan fingerprint density at radius 3 is 2.76 bits per heavy atom. The number of halogens is 1. The third-order valence-corrected chi connectivity index (χ3v) is 5.07. The summed E-state index contributed by atoms with van der Waals surface area (Å²) in [6, 6.07) is 9.50. The van der Waals surface area contributed by atoms with E-state index in [4.69, 9.17) is 31.8 Å². The molecular formula is C22H26ClN3O3. The van der Waals surface area contributed by atoms with E-state index in [0.717, 1.165) is 33.7 Å². The van der Waals surface area contributed by atoms with Crippen molar-refractivity contribution in [1.29, 1.82) is 0 Å². The number of esters is 1. The second-order valence-electron chi connectivity index (χ2n) is 6.96. The molecule has 2 aromatic carbocycles. The number of carbonyl (C=O) groups excluding carboxylic acids is 1. The van der Waals surface area contributed by atoms with Gasteiger partial charge in [-0.15, -0.1) is 0 Å². The predicted molar refractivity (Wildman–Crippen MR) is 116 cm³/mol. The van der Waals surface area contributed by atoms with Crippen LogP contribution in [0.25, 0.3) is 11.0 Å². The van der Waals surface area contributed by atoms with Crippen LogP contribution in [0, 0.1) is 13.8 Å². The van der Waals surface area contributed by atoms with E-state index in [9.17, 15) is 4.79 Å². The minimum absolute atomic E-state index is 0.197. The molecule has 0 amide bonds. The molecule has 0 saturated heterocycles. The fourth-order valence-electron chi connectivity index (χ4n) is 3.26. The highest BCUT2D eigenvalue weighted by Gasteiger charge is 2.13. The molecule has 0 aliphatic carbocycles. The van der Waals surface area contributed by atoms with Crippen molar-refractivity contribution in [2.45, 2.75) is 40.2 Å². The van der Waals surface area contributed by atoms with Gasteiger partial charge in [0.1, 0.15) is 11.6 Å². The lowest BCUT2D eigenvalue weighted by Crippen LogP contribution is -2.07. The van der Waals surface area contributed by atoms with E-state index in [1.165, 1.54) is 0 Å². The van der Waals surface area contributed by atoms with E-state index in [1.54, 1.807) is 13.0 Å². The average Bonchev–Trinajstić information content (AvgIpc) is 2.97. The normalized spacial score (nSPS) is 11.0. The third kappa shape index (κ3) is 5.01. The monoisotopic (exact) mass is 415 g/mol. The van der Waals surface area contributed by atoms with E-state index in [-0.39, 0.29) is 5.97 Å². The SMILES string of the molecule is CCOC(=O)CCCOc1cc(C)c2nc(C)n(Cc3ccc(N)cc3Cl)c2c1. The van der Waals surface area contributed by atoms with Crippen LogP contribution in [0.4, 0.5) is 5.69 Å².